The normalized spacial score (nSPS) is 16.8. The van der Waals surface area contributed by atoms with Crippen LogP contribution in [0.1, 0.15) is 30.4 Å². The van der Waals surface area contributed by atoms with Crippen molar-refractivity contribution in [1.29, 1.82) is 0 Å². The van der Waals surface area contributed by atoms with Crippen molar-refractivity contribution in [1.82, 2.24) is 0 Å². The van der Waals surface area contributed by atoms with Gasteiger partial charge in [0, 0.05) is 11.1 Å². The summed E-state index contributed by atoms with van der Waals surface area (Å²) < 4.78 is 21.3. The van der Waals surface area contributed by atoms with E-state index in [1.807, 2.05) is 48.6 Å². The van der Waals surface area contributed by atoms with Gasteiger partial charge in [-0.2, -0.15) is 0 Å². The number of ether oxygens (including phenoxy) is 4. The third-order valence-corrected chi connectivity index (χ3v) is 4.97. The zero-order valence-corrected chi connectivity index (χ0v) is 17.3. The number of ketones is 1. The summed E-state index contributed by atoms with van der Waals surface area (Å²) in [7, 11) is 6.41. The fourth-order valence-corrected chi connectivity index (χ4v) is 3.47. The standard InChI is InChI=1S/C24H26O5/c1-26-20-10-8-16(14-22(20)28-3)12-18-6-5-7-19(24(18)25)13-17-9-11-21(27-2)23(15-17)29-4/h8-15H,5-7H2,1-4H3. The van der Waals surface area contributed by atoms with Crippen LogP contribution in [0.5, 0.6) is 23.0 Å². The van der Waals surface area contributed by atoms with Crippen molar-refractivity contribution in [2.24, 2.45) is 0 Å². The van der Waals surface area contributed by atoms with Crippen LogP contribution in [0.3, 0.4) is 0 Å². The highest BCUT2D eigenvalue weighted by Crippen LogP contribution is 2.33. The first kappa shape index (κ1) is 20.5. The van der Waals surface area contributed by atoms with E-state index in [9.17, 15) is 4.79 Å². The number of Topliss-reactive ketones (excluding diaryl/α,β-unsaturated/α-hetero) is 1. The molecule has 1 saturated carbocycles. The number of benzene rings is 2. The molecule has 0 amide bonds. The summed E-state index contributed by atoms with van der Waals surface area (Å²) in [4.78, 5) is 13.0. The van der Waals surface area contributed by atoms with Gasteiger partial charge in [-0.15, -0.1) is 0 Å². The summed E-state index contributed by atoms with van der Waals surface area (Å²) >= 11 is 0. The lowest BCUT2D eigenvalue weighted by Gasteiger charge is -2.17. The molecule has 0 bridgehead atoms. The van der Waals surface area contributed by atoms with Gasteiger partial charge >= 0.3 is 0 Å². The van der Waals surface area contributed by atoms with E-state index in [1.54, 1.807) is 28.4 Å². The molecule has 2 aromatic rings. The lowest BCUT2D eigenvalue weighted by Crippen LogP contribution is -2.12. The Morgan fingerprint density at radius 3 is 1.45 bits per heavy atom. The van der Waals surface area contributed by atoms with Crippen molar-refractivity contribution in [3.8, 4) is 23.0 Å². The largest absolute Gasteiger partial charge is 0.493 e. The molecule has 152 valence electrons. The minimum atomic E-state index is 0.0841. The third kappa shape index (κ3) is 4.62. The molecule has 0 spiro atoms. The molecule has 0 unspecified atom stereocenters. The Bertz CT molecular complexity index is 880. The number of hydrogen-bond acceptors (Lipinski definition) is 5. The second-order valence-electron chi connectivity index (χ2n) is 6.75. The molecule has 0 atom stereocenters. The van der Waals surface area contributed by atoms with E-state index in [0.717, 1.165) is 41.5 Å². The molecule has 5 heteroatoms. The highest BCUT2D eigenvalue weighted by molar-refractivity contribution is 6.14. The van der Waals surface area contributed by atoms with Crippen molar-refractivity contribution < 1.29 is 23.7 Å². The van der Waals surface area contributed by atoms with Crippen LogP contribution in [0.2, 0.25) is 0 Å². The molecule has 0 N–H and O–H groups in total. The lowest BCUT2D eigenvalue weighted by atomic mass is 9.87. The minimum absolute atomic E-state index is 0.0841. The van der Waals surface area contributed by atoms with E-state index in [-0.39, 0.29) is 5.78 Å². The second-order valence-corrected chi connectivity index (χ2v) is 6.75. The molecule has 3 rings (SSSR count). The predicted molar refractivity (Wildman–Crippen MR) is 114 cm³/mol. The Labute approximate surface area is 171 Å². The van der Waals surface area contributed by atoms with Crippen LogP contribution in [0.15, 0.2) is 47.5 Å². The topological polar surface area (TPSA) is 54.0 Å². The van der Waals surface area contributed by atoms with Crippen LogP contribution in [0.25, 0.3) is 12.2 Å². The second kappa shape index (κ2) is 9.32. The number of carbonyl (C=O) groups is 1. The molecular weight excluding hydrogens is 368 g/mol. The molecule has 1 fully saturated rings. The van der Waals surface area contributed by atoms with E-state index in [4.69, 9.17) is 18.9 Å². The van der Waals surface area contributed by atoms with Gasteiger partial charge in [-0.25, -0.2) is 0 Å². The quantitative estimate of drug-likeness (QED) is 0.650. The Morgan fingerprint density at radius 2 is 1.07 bits per heavy atom. The summed E-state index contributed by atoms with van der Waals surface area (Å²) in [5.74, 6) is 2.70. The van der Waals surface area contributed by atoms with E-state index in [0.29, 0.717) is 23.0 Å². The van der Waals surface area contributed by atoms with E-state index in [2.05, 4.69) is 0 Å². The van der Waals surface area contributed by atoms with Gasteiger partial charge in [0.15, 0.2) is 28.8 Å². The molecule has 1 aliphatic rings. The molecule has 0 aromatic heterocycles. The number of hydrogen-bond donors (Lipinski definition) is 0. The van der Waals surface area contributed by atoms with Gasteiger partial charge in [-0.3, -0.25) is 4.79 Å². The van der Waals surface area contributed by atoms with E-state index >= 15 is 0 Å². The van der Waals surface area contributed by atoms with Gasteiger partial charge in [0.05, 0.1) is 28.4 Å². The molecule has 0 aliphatic heterocycles. The molecule has 1 aliphatic carbocycles. The highest BCUT2D eigenvalue weighted by Gasteiger charge is 2.21. The van der Waals surface area contributed by atoms with Crippen molar-refractivity contribution in [2.75, 3.05) is 28.4 Å². The van der Waals surface area contributed by atoms with Crippen LogP contribution < -0.4 is 18.9 Å². The first-order chi connectivity index (χ1) is 14.1. The molecule has 0 radical (unpaired) electrons. The van der Waals surface area contributed by atoms with Crippen LogP contribution in [-0.2, 0) is 4.79 Å². The van der Waals surface area contributed by atoms with Gasteiger partial charge in [-0.1, -0.05) is 12.1 Å². The van der Waals surface area contributed by atoms with E-state index in [1.165, 1.54) is 0 Å². The maximum Gasteiger partial charge on any atom is 0.185 e. The van der Waals surface area contributed by atoms with Crippen LogP contribution in [0, 0.1) is 0 Å². The average molecular weight is 394 g/mol. The van der Waals surface area contributed by atoms with Gasteiger partial charge in [0.2, 0.25) is 0 Å². The summed E-state index contributed by atoms with van der Waals surface area (Å²) in [5, 5.41) is 0. The van der Waals surface area contributed by atoms with Gasteiger partial charge in [-0.05, 0) is 66.8 Å². The smallest absolute Gasteiger partial charge is 0.185 e. The molecule has 29 heavy (non-hydrogen) atoms. The fraction of sp³-hybridized carbons (Fsp3) is 0.292. The highest BCUT2D eigenvalue weighted by atomic mass is 16.5. The van der Waals surface area contributed by atoms with Gasteiger partial charge in [0.25, 0.3) is 0 Å². The maximum atomic E-state index is 13.0. The van der Waals surface area contributed by atoms with Crippen molar-refractivity contribution in [3.05, 3.63) is 58.7 Å². The summed E-state index contributed by atoms with van der Waals surface area (Å²) in [5.41, 5.74) is 3.43. The Hall–Kier alpha value is -3.21. The molecular formula is C24H26O5. The molecule has 2 aromatic carbocycles. The average Bonchev–Trinajstić information content (AvgIpc) is 2.76. The Balaban J connectivity index is 1.89. The molecule has 0 heterocycles. The molecule has 0 saturated heterocycles. The zero-order valence-electron chi connectivity index (χ0n) is 17.3. The predicted octanol–water partition coefficient (Wildman–Crippen LogP) is 4.94. The minimum Gasteiger partial charge on any atom is -0.493 e. The monoisotopic (exact) mass is 394 g/mol. The fourth-order valence-electron chi connectivity index (χ4n) is 3.47. The first-order valence-electron chi connectivity index (χ1n) is 9.49. The lowest BCUT2D eigenvalue weighted by molar-refractivity contribution is -0.112. The number of carbonyl (C=O) groups excluding carboxylic acids is 1. The van der Waals surface area contributed by atoms with Crippen molar-refractivity contribution in [3.63, 3.8) is 0 Å². The summed E-state index contributed by atoms with van der Waals surface area (Å²) in [6.45, 7) is 0. The van der Waals surface area contributed by atoms with E-state index < -0.39 is 0 Å². The number of methoxy groups -OCH3 is 4. The first-order valence-corrected chi connectivity index (χ1v) is 9.49. The van der Waals surface area contributed by atoms with Crippen molar-refractivity contribution >= 4 is 17.9 Å². The zero-order chi connectivity index (χ0) is 20.8. The van der Waals surface area contributed by atoms with Crippen LogP contribution in [0.4, 0.5) is 0 Å². The van der Waals surface area contributed by atoms with Gasteiger partial charge < -0.3 is 18.9 Å². The van der Waals surface area contributed by atoms with Crippen LogP contribution in [-0.4, -0.2) is 34.2 Å². The third-order valence-electron chi connectivity index (χ3n) is 4.97. The number of allylic oxidation sites excluding steroid dienone is 2. The SMILES string of the molecule is COc1ccc(C=C2CCCC(=Cc3ccc(OC)c(OC)c3)C2=O)cc1OC. The van der Waals surface area contributed by atoms with Gasteiger partial charge in [0.1, 0.15) is 0 Å². The summed E-state index contributed by atoms with van der Waals surface area (Å²) in [6, 6.07) is 11.3. The maximum absolute atomic E-state index is 13.0. The van der Waals surface area contributed by atoms with Crippen LogP contribution >= 0.6 is 0 Å². The molecule has 5 nitrogen and oxygen atoms in total. The Morgan fingerprint density at radius 1 is 0.655 bits per heavy atom. The summed E-state index contributed by atoms with van der Waals surface area (Å²) in [6.07, 6.45) is 6.33. The Kier molecular flexibility index (Phi) is 6.60. The number of rotatable bonds is 6. The van der Waals surface area contributed by atoms with Crippen molar-refractivity contribution in [2.45, 2.75) is 19.3 Å².